The third-order valence-electron chi connectivity index (χ3n) is 7.21. The van der Waals surface area contributed by atoms with Crippen molar-refractivity contribution in [2.45, 2.75) is 63.5 Å². The van der Waals surface area contributed by atoms with Crippen LogP contribution in [0.4, 0.5) is 22.2 Å². The number of carbonyl (C=O) groups is 1. The van der Waals surface area contributed by atoms with Crippen LogP contribution in [0, 0.1) is 11.3 Å². The fraction of sp³-hybridized carbons (Fsp3) is 0.560. The van der Waals surface area contributed by atoms with Gasteiger partial charge >= 0.3 is 6.09 Å². The van der Waals surface area contributed by atoms with Crippen LogP contribution in [0.1, 0.15) is 57.6 Å². The van der Waals surface area contributed by atoms with Crippen molar-refractivity contribution in [1.29, 1.82) is 5.26 Å². The second-order valence-corrected chi connectivity index (χ2v) is 10.6. The highest BCUT2D eigenvalue weighted by Crippen LogP contribution is 2.56. The highest BCUT2D eigenvalue weighted by Gasteiger charge is 2.51. The maximum Gasteiger partial charge on any atom is 0.410 e. The highest BCUT2D eigenvalue weighted by atomic mass is 16.6. The molecule has 178 valence electrons. The SMILES string of the molecule is CN(C(=O)OC(C)(C)C)[C@H]1CCN(c2ncnc3c2C2(CCC2)CN3c2cc(C#N)ccn2)C1. The Morgan fingerprint density at radius 2 is 2.03 bits per heavy atom. The lowest BCUT2D eigenvalue weighted by atomic mass is 9.66. The molecule has 3 aliphatic rings. The van der Waals surface area contributed by atoms with Crippen molar-refractivity contribution >= 4 is 23.5 Å². The second kappa shape index (κ2) is 8.12. The van der Waals surface area contributed by atoms with Crippen molar-refractivity contribution in [3.05, 3.63) is 35.8 Å². The molecule has 0 N–H and O–H groups in total. The Kier molecular flexibility index (Phi) is 5.34. The van der Waals surface area contributed by atoms with Gasteiger partial charge < -0.3 is 19.4 Å². The zero-order chi connectivity index (χ0) is 24.1. The summed E-state index contributed by atoms with van der Waals surface area (Å²) in [6, 6.07) is 5.81. The molecule has 2 fully saturated rings. The largest absolute Gasteiger partial charge is 0.444 e. The standard InChI is InChI=1S/C25H31N7O2/c1-24(2,3)34-23(33)30(4)18-7-11-31(14-18)21-20-22(29-16-28-21)32(15-25(20)8-5-9-25)19-12-17(13-26)6-10-27-19/h6,10,12,16,18H,5,7-9,11,14-15H2,1-4H3/t18-/m0/s1. The lowest BCUT2D eigenvalue weighted by Gasteiger charge is -2.40. The van der Waals surface area contributed by atoms with E-state index in [1.54, 1.807) is 23.5 Å². The average Bonchev–Trinajstić information content (AvgIpc) is 3.41. The summed E-state index contributed by atoms with van der Waals surface area (Å²) in [5, 5.41) is 9.35. The van der Waals surface area contributed by atoms with Crippen LogP contribution in [-0.4, -0.2) is 64.3 Å². The molecule has 1 atom stereocenters. The minimum Gasteiger partial charge on any atom is -0.444 e. The Balaban J connectivity index is 1.44. The molecule has 0 aromatic carbocycles. The van der Waals surface area contributed by atoms with E-state index in [2.05, 4.69) is 25.8 Å². The molecule has 0 radical (unpaired) electrons. The van der Waals surface area contributed by atoms with Crippen molar-refractivity contribution in [2.24, 2.45) is 0 Å². The van der Waals surface area contributed by atoms with Crippen LogP contribution in [0.2, 0.25) is 0 Å². The first kappa shape index (κ1) is 22.4. The van der Waals surface area contributed by atoms with Crippen LogP contribution >= 0.6 is 0 Å². The molecule has 4 heterocycles. The predicted octanol–water partition coefficient (Wildman–Crippen LogP) is 3.76. The van der Waals surface area contributed by atoms with Gasteiger partial charge in [-0.2, -0.15) is 5.26 Å². The lowest BCUT2D eigenvalue weighted by Crippen LogP contribution is -2.42. The topological polar surface area (TPSA) is 98.5 Å². The van der Waals surface area contributed by atoms with Gasteiger partial charge in [0, 0.05) is 43.9 Å². The molecule has 9 nitrogen and oxygen atoms in total. The quantitative estimate of drug-likeness (QED) is 0.681. The number of pyridine rings is 1. The van der Waals surface area contributed by atoms with Crippen molar-refractivity contribution < 1.29 is 9.53 Å². The van der Waals surface area contributed by atoms with Crippen molar-refractivity contribution in [3.63, 3.8) is 0 Å². The van der Waals surface area contributed by atoms with Gasteiger partial charge in [-0.15, -0.1) is 0 Å². The first-order valence-corrected chi connectivity index (χ1v) is 11.9. The third kappa shape index (κ3) is 3.81. The number of nitrogens with zero attached hydrogens (tertiary/aromatic N) is 7. The number of hydrogen-bond donors (Lipinski definition) is 0. The fourth-order valence-corrected chi connectivity index (χ4v) is 5.31. The van der Waals surface area contributed by atoms with E-state index in [4.69, 9.17) is 9.72 Å². The van der Waals surface area contributed by atoms with Crippen molar-refractivity contribution in [2.75, 3.05) is 36.5 Å². The van der Waals surface area contributed by atoms with Gasteiger partial charge in [0.1, 0.15) is 29.4 Å². The van der Waals surface area contributed by atoms with Crippen LogP contribution in [0.3, 0.4) is 0 Å². The molecule has 1 amide bonds. The predicted molar refractivity (Wildman–Crippen MR) is 128 cm³/mol. The van der Waals surface area contributed by atoms with Gasteiger partial charge in [-0.1, -0.05) is 6.42 Å². The van der Waals surface area contributed by atoms with E-state index in [9.17, 15) is 10.1 Å². The molecule has 1 saturated heterocycles. The average molecular weight is 462 g/mol. The Labute approximate surface area is 200 Å². The Morgan fingerprint density at radius 1 is 1.26 bits per heavy atom. The van der Waals surface area contributed by atoms with Gasteiger partial charge in [0.05, 0.1) is 17.7 Å². The highest BCUT2D eigenvalue weighted by molar-refractivity contribution is 5.75. The molecule has 1 saturated carbocycles. The summed E-state index contributed by atoms with van der Waals surface area (Å²) >= 11 is 0. The molecule has 1 spiro atoms. The summed E-state index contributed by atoms with van der Waals surface area (Å²) in [5.74, 6) is 2.60. The summed E-state index contributed by atoms with van der Waals surface area (Å²) in [5.41, 5.74) is 1.26. The van der Waals surface area contributed by atoms with Gasteiger partial charge in [-0.3, -0.25) is 0 Å². The molecule has 1 aliphatic carbocycles. The molecular weight excluding hydrogens is 430 g/mol. The van der Waals surface area contributed by atoms with Crippen LogP contribution in [-0.2, 0) is 10.2 Å². The zero-order valence-corrected chi connectivity index (χ0v) is 20.3. The Bertz CT molecular complexity index is 1150. The molecule has 0 bridgehead atoms. The summed E-state index contributed by atoms with van der Waals surface area (Å²) in [4.78, 5) is 32.7. The molecule has 2 aromatic heterocycles. The minimum absolute atomic E-state index is 0.00537. The number of rotatable bonds is 3. The summed E-state index contributed by atoms with van der Waals surface area (Å²) in [6.45, 7) is 7.97. The van der Waals surface area contributed by atoms with Gasteiger partial charge in [0.25, 0.3) is 0 Å². The summed E-state index contributed by atoms with van der Waals surface area (Å²) in [7, 11) is 1.82. The number of nitriles is 1. The second-order valence-electron chi connectivity index (χ2n) is 10.6. The molecule has 2 aliphatic heterocycles. The number of aromatic nitrogens is 3. The van der Waals surface area contributed by atoms with E-state index in [-0.39, 0.29) is 17.6 Å². The number of amides is 1. The van der Waals surface area contributed by atoms with Crippen LogP contribution in [0.5, 0.6) is 0 Å². The maximum absolute atomic E-state index is 12.6. The van der Waals surface area contributed by atoms with Crippen LogP contribution in [0.25, 0.3) is 0 Å². The molecule has 9 heteroatoms. The monoisotopic (exact) mass is 461 g/mol. The van der Waals surface area contributed by atoms with E-state index in [1.165, 1.54) is 12.0 Å². The van der Waals surface area contributed by atoms with Gasteiger partial charge in [-0.05, 0) is 52.2 Å². The first-order valence-electron chi connectivity index (χ1n) is 11.9. The summed E-state index contributed by atoms with van der Waals surface area (Å²) in [6.07, 6.45) is 7.22. The summed E-state index contributed by atoms with van der Waals surface area (Å²) < 4.78 is 5.57. The smallest absolute Gasteiger partial charge is 0.410 e. The molecular formula is C25H31N7O2. The van der Waals surface area contributed by atoms with Gasteiger partial charge in [0.2, 0.25) is 0 Å². The maximum atomic E-state index is 12.6. The number of fused-ring (bicyclic) bond motifs is 2. The number of ether oxygens (including phenoxy) is 1. The van der Waals surface area contributed by atoms with E-state index in [1.807, 2.05) is 33.9 Å². The minimum atomic E-state index is -0.520. The van der Waals surface area contributed by atoms with Gasteiger partial charge in [0.15, 0.2) is 0 Å². The van der Waals surface area contributed by atoms with E-state index in [0.29, 0.717) is 12.1 Å². The molecule has 34 heavy (non-hydrogen) atoms. The number of anilines is 3. The van der Waals surface area contributed by atoms with Crippen molar-refractivity contribution in [1.82, 2.24) is 19.9 Å². The van der Waals surface area contributed by atoms with Crippen LogP contribution in [0.15, 0.2) is 24.7 Å². The van der Waals surface area contributed by atoms with E-state index >= 15 is 0 Å². The van der Waals surface area contributed by atoms with Crippen LogP contribution < -0.4 is 9.80 Å². The fourth-order valence-electron chi connectivity index (χ4n) is 5.31. The molecule has 5 rings (SSSR count). The molecule has 0 unspecified atom stereocenters. The number of likely N-dealkylation sites (N-methyl/N-ethyl adjacent to an activating group) is 1. The van der Waals surface area contributed by atoms with Crippen molar-refractivity contribution in [3.8, 4) is 6.07 Å². The normalized spacial score (nSPS) is 20.6. The Morgan fingerprint density at radius 3 is 2.71 bits per heavy atom. The lowest BCUT2D eigenvalue weighted by molar-refractivity contribution is 0.0238. The zero-order valence-electron chi connectivity index (χ0n) is 20.3. The molecule has 2 aromatic rings. The van der Waals surface area contributed by atoms with E-state index < -0.39 is 5.60 Å². The third-order valence-corrected chi connectivity index (χ3v) is 7.21. The first-order chi connectivity index (χ1) is 16.2. The van der Waals surface area contributed by atoms with Gasteiger partial charge in [-0.25, -0.2) is 19.7 Å². The van der Waals surface area contributed by atoms with E-state index in [0.717, 1.165) is 49.8 Å². The Hall–Kier alpha value is -3.41. The number of carbonyl (C=O) groups excluding carboxylic acids is 1. The number of hydrogen-bond acceptors (Lipinski definition) is 8.